The molecule has 3 N–H and O–H groups in total. The first kappa shape index (κ1) is 19.6. The molecule has 0 radical (unpaired) electrons. The number of thiocarbonyl (C=S) groups is 1. The minimum absolute atomic E-state index is 0.00418. The average molecular weight is 396 g/mol. The molecule has 0 amide bonds. The molecule has 7 heteroatoms. The van der Waals surface area contributed by atoms with Gasteiger partial charge >= 0.3 is 5.97 Å². The molecule has 0 bridgehead atoms. The molecule has 6 nitrogen and oxygen atoms in total. The van der Waals surface area contributed by atoms with Crippen LogP contribution in [0.25, 0.3) is 0 Å². The molecular formula is C21H20N2O4S. The Balaban J connectivity index is 2.17. The number of carbonyl (C=O) groups is 2. The Morgan fingerprint density at radius 3 is 2.54 bits per heavy atom. The summed E-state index contributed by atoms with van der Waals surface area (Å²) in [7, 11) is 0. The van der Waals surface area contributed by atoms with E-state index < -0.39 is 12.0 Å². The van der Waals surface area contributed by atoms with Crippen LogP contribution in [-0.2, 0) is 9.53 Å². The summed E-state index contributed by atoms with van der Waals surface area (Å²) in [5.74, 6) is -0.950. The van der Waals surface area contributed by atoms with Crippen LogP contribution >= 0.6 is 12.2 Å². The maximum Gasteiger partial charge on any atom is 0.355 e. The molecular weight excluding hydrogens is 376 g/mol. The van der Waals surface area contributed by atoms with Gasteiger partial charge in [0.1, 0.15) is 11.4 Å². The number of benzene rings is 2. The molecule has 1 heterocycles. The van der Waals surface area contributed by atoms with Crippen LogP contribution in [0.5, 0.6) is 5.75 Å². The van der Waals surface area contributed by atoms with Crippen molar-refractivity contribution in [1.82, 2.24) is 10.6 Å². The minimum Gasteiger partial charge on any atom is -0.508 e. The van der Waals surface area contributed by atoms with Crippen LogP contribution < -0.4 is 10.6 Å². The number of phenols is 1. The molecule has 0 aliphatic carbocycles. The van der Waals surface area contributed by atoms with Crippen molar-refractivity contribution >= 4 is 29.1 Å². The number of Topliss-reactive ketones (excluding diaryl/α,β-unsaturated/α-hetero) is 1. The molecule has 0 spiro atoms. The zero-order chi connectivity index (χ0) is 20.3. The summed E-state index contributed by atoms with van der Waals surface area (Å²) in [6, 6.07) is 12.8. The van der Waals surface area contributed by atoms with Gasteiger partial charge in [0, 0.05) is 5.56 Å². The third-order valence-electron chi connectivity index (χ3n) is 4.31. The lowest BCUT2D eigenvalue weighted by molar-refractivity contribution is -0.138. The van der Waals surface area contributed by atoms with E-state index in [1.54, 1.807) is 31.2 Å². The smallest absolute Gasteiger partial charge is 0.355 e. The fourth-order valence-electron chi connectivity index (χ4n) is 2.99. The number of ether oxygens (including phenoxy) is 1. The number of aryl methyl sites for hydroxylation is 1. The molecule has 1 atom stereocenters. The molecule has 0 saturated carbocycles. The van der Waals surface area contributed by atoms with E-state index in [1.807, 2.05) is 19.1 Å². The maximum absolute atomic E-state index is 13.4. The van der Waals surface area contributed by atoms with Gasteiger partial charge in [0.2, 0.25) is 0 Å². The van der Waals surface area contributed by atoms with Gasteiger partial charge in [-0.05, 0) is 43.8 Å². The van der Waals surface area contributed by atoms with Crippen LogP contribution in [0.15, 0.2) is 59.8 Å². The van der Waals surface area contributed by atoms with E-state index in [9.17, 15) is 14.7 Å². The van der Waals surface area contributed by atoms with E-state index in [2.05, 4.69) is 10.6 Å². The van der Waals surface area contributed by atoms with E-state index in [-0.39, 0.29) is 34.5 Å². The normalized spacial score (nSPS) is 16.2. The van der Waals surface area contributed by atoms with Gasteiger partial charge in [0.05, 0.1) is 18.2 Å². The van der Waals surface area contributed by atoms with E-state index in [0.717, 1.165) is 5.56 Å². The van der Waals surface area contributed by atoms with E-state index in [1.165, 1.54) is 12.1 Å². The molecule has 1 aliphatic rings. The Hall–Kier alpha value is -3.19. The number of esters is 1. The second kappa shape index (κ2) is 8.22. The van der Waals surface area contributed by atoms with Gasteiger partial charge in [-0.15, -0.1) is 0 Å². The van der Waals surface area contributed by atoms with E-state index >= 15 is 0 Å². The molecule has 144 valence electrons. The summed E-state index contributed by atoms with van der Waals surface area (Å²) in [5.41, 5.74) is 2.23. The number of nitrogens with one attached hydrogen (secondary N) is 2. The van der Waals surface area contributed by atoms with Crippen molar-refractivity contribution in [3.8, 4) is 5.75 Å². The summed E-state index contributed by atoms with van der Waals surface area (Å²) >= 11 is 5.23. The molecule has 28 heavy (non-hydrogen) atoms. The van der Waals surface area contributed by atoms with Crippen molar-refractivity contribution in [2.24, 2.45) is 0 Å². The standard InChI is InChI=1S/C21H20N2O4S/c1-3-27-20(26)18-16(19(25)13-9-7-12(2)8-10-13)17(22-21(28)23-18)14-5-4-6-15(24)11-14/h4-11,17,24H,3H2,1-2H3,(H2,22,23,28). The Kier molecular flexibility index (Phi) is 5.75. The van der Waals surface area contributed by atoms with Crippen molar-refractivity contribution in [2.45, 2.75) is 19.9 Å². The van der Waals surface area contributed by atoms with E-state index in [0.29, 0.717) is 11.1 Å². The monoisotopic (exact) mass is 396 g/mol. The molecule has 3 rings (SSSR count). The lowest BCUT2D eigenvalue weighted by atomic mass is 9.89. The molecule has 1 unspecified atom stereocenters. The zero-order valence-electron chi connectivity index (χ0n) is 15.5. The van der Waals surface area contributed by atoms with Crippen LogP contribution in [-0.4, -0.2) is 28.6 Å². The third kappa shape index (κ3) is 4.04. The van der Waals surface area contributed by atoms with Gasteiger partial charge in [-0.3, -0.25) is 4.79 Å². The number of carbonyl (C=O) groups excluding carboxylic acids is 2. The highest BCUT2D eigenvalue weighted by Crippen LogP contribution is 2.31. The first-order valence-corrected chi connectivity index (χ1v) is 9.20. The highest BCUT2D eigenvalue weighted by atomic mass is 32.1. The molecule has 2 aromatic carbocycles. The second-order valence-corrected chi connectivity index (χ2v) is 6.74. The van der Waals surface area contributed by atoms with Crippen molar-refractivity contribution in [1.29, 1.82) is 0 Å². The van der Waals surface area contributed by atoms with Crippen LogP contribution in [0.3, 0.4) is 0 Å². The highest BCUT2D eigenvalue weighted by molar-refractivity contribution is 7.80. The number of phenolic OH excluding ortho intramolecular Hbond substituents is 1. The number of hydrogen-bond acceptors (Lipinski definition) is 5. The summed E-state index contributed by atoms with van der Waals surface area (Å²) in [6.07, 6.45) is 0. The average Bonchev–Trinajstić information content (AvgIpc) is 2.67. The van der Waals surface area contributed by atoms with Crippen LogP contribution in [0.4, 0.5) is 0 Å². The maximum atomic E-state index is 13.4. The Morgan fingerprint density at radius 2 is 1.89 bits per heavy atom. The van der Waals surface area contributed by atoms with E-state index in [4.69, 9.17) is 17.0 Å². The Bertz CT molecular complexity index is 967. The minimum atomic E-state index is -0.714. The van der Waals surface area contributed by atoms with Gasteiger partial charge in [0.25, 0.3) is 0 Å². The first-order valence-electron chi connectivity index (χ1n) is 8.79. The fraction of sp³-hybridized carbons (Fsp3) is 0.190. The van der Waals surface area contributed by atoms with Crippen LogP contribution in [0.2, 0.25) is 0 Å². The number of aromatic hydroxyl groups is 1. The Morgan fingerprint density at radius 1 is 1.18 bits per heavy atom. The predicted molar refractivity (Wildman–Crippen MR) is 109 cm³/mol. The lowest BCUT2D eigenvalue weighted by Gasteiger charge is -2.30. The van der Waals surface area contributed by atoms with Gasteiger partial charge in [-0.2, -0.15) is 0 Å². The van der Waals surface area contributed by atoms with Gasteiger partial charge in [-0.1, -0.05) is 42.0 Å². The molecule has 0 aromatic heterocycles. The summed E-state index contributed by atoms with van der Waals surface area (Å²) in [5, 5.41) is 15.9. The topological polar surface area (TPSA) is 87.7 Å². The summed E-state index contributed by atoms with van der Waals surface area (Å²) in [4.78, 5) is 25.9. The summed E-state index contributed by atoms with van der Waals surface area (Å²) < 4.78 is 5.12. The van der Waals surface area contributed by atoms with Gasteiger partial charge in [0.15, 0.2) is 10.9 Å². The zero-order valence-corrected chi connectivity index (χ0v) is 16.3. The third-order valence-corrected chi connectivity index (χ3v) is 4.53. The summed E-state index contributed by atoms with van der Waals surface area (Å²) in [6.45, 7) is 3.77. The van der Waals surface area contributed by atoms with Crippen molar-refractivity contribution < 1.29 is 19.4 Å². The van der Waals surface area contributed by atoms with Gasteiger partial charge < -0.3 is 20.5 Å². The Labute approximate surface area is 168 Å². The van der Waals surface area contributed by atoms with Crippen LogP contribution in [0.1, 0.15) is 34.5 Å². The van der Waals surface area contributed by atoms with Gasteiger partial charge in [-0.25, -0.2) is 4.79 Å². The quantitative estimate of drug-likeness (QED) is 0.407. The number of hydrogen-bond donors (Lipinski definition) is 3. The SMILES string of the molecule is CCOC(=O)C1=C(C(=O)c2ccc(C)cc2)C(c2cccc(O)c2)NC(=S)N1. The van der Waals surface area contributed by atoms with Crippen molar-refractivity contribution in [2.75, 3.05) is 6.61 Å². The molecule has 2 aromatic rings. The van der Waals surface area contributed by atoms with Crippen LogP contribution in [0, 0.1) is 6.92 Å². The highest BCUT2D eigenvalue weighted by Gasteiger charge is 2.35. The molecule has 0 saturated heterocycles. The van der Waals surface area contributed by atoms with Crippen molar-refractivity contribution in [3.63, 3.8) is 0 Å². The number of ketones is 1. The first-order chi connectivity index (χ1) is 13.4. The molecule has 0 fully saturated rings. The predicted octanol–water partition coefficient (Wildman–Crippen LogP) is 2.92. The largest absolute Gasteiger partial charge is 0.508 e. The lowest BCUT2D eigenvalue weighted by Crippen LogP contribution is -2.47. The fourth-order valence-corrected chi connectivity index (χ4v) is 3.21. The number of rotatable bonds is 5. The van der Waals surface area contributed by atoms with Crippen molar-refractivity contribution in [3.05, 3.63) is 76.5 Å². The second-order valence-electron chi connectivity index (χ2n) is 6.33. The molecule has 1 aliphatic heterocycles.